The normalized spacial score (nSPS) is 18.8. The average molecular weight is 257 g/mol. The first-order valence-corrected chi connectivity index (χ1v) is 6.28. The van der Waals surface area contributed by atoms with Crippen LogP contribution in [0.4, 0.5) is 4.79 Å². The molecule has 1 atom stereocenters. The van der Waals surface area contributed by atoms with Crippen molar-refractivity contribution >= 4 is 16.9 Å². The summed E-state index contributed by atoms with van der Waals surface area (Å²) in [5, 5.41) is 5.02. The fourth-order valence-electron chi connectivity index (χ4n) is 2.54. The van der Waals surface area contributed by atoms with E-state index in [4.69, 9.17) is 9.47 Å². The molecule has 0 unspecified atom stereocenters. The van der Waals surface area contributed by atoms with E-state index in [1.165, 1.54) is 0 Å². The van der Waals surface area contributed by atoms with Gasteiger partial charge in [-0.15, -0.1) is 0 Å². The molecule has 19 heavy (non-hydrogen) atoms. The van der Waals surface area contributed by atoms with E-state index in [2.05, 4.69) is 11.4 Å². The van der Waals surface area contributed by atoms with E-state index in [9.17, 15) is 4.79 Å². The van der Waals surface area contributed by atoms with Crippen molar-refractivity contribution in [3.63, 3.8) is 0 Å². The molecule has 1 amide bonds. The van der Waals surface area contributed by atoms with Gasteiger partial charge < -0.3 is 14.8 Å². The number of ether oxygens (including phenoxy) is 2. The molecule has 0 aliphatic carbocycles. The number of fused-ring (bicyclic) bond motifs is 1. The van der Waals surface area contributed by atoms with E-state index >= 15 is 0 Å². The average Bonchev–Trinajstić information content (AvgIpc) is 2.46. The molecule has 1 aliphatic heterocycles. The number of hydrogen-bond acceptors (Lipinski definition) is 3. The molecule has 0 saturated carbocycles. The third-order valence-corrected chi connectivity index (χ3v) is 3.44. The van der Waals surface area contributed by atoms with E-state index < -0.39 is 0 Å². The van der Waals surface area contributed by atoms with Gasteiger partial charge in [0.25, 0.3) is 0 Å². The summed E-state index contributed by atoms with van der Waals surface area (Å²) in [7, 11) is 1.66. The van der Waals surface area contributed by atoms with Crippen molar-refractivity contribution in [2.24, 2.45) is 0 Å². The van der Waals surface area contributed by atoms with E-state index in [1.54, 1.807) is 7.11 Å². The van der Waals surface area contributed by atoms with E-state index in [-0.39, 0.29) is 12.1 Å². The van der Waals surface area contributed by atoms with Crippen molar-refractivity contribution in [1.29, 1.82) is 0 Å². The number of carbonyl (C=O) groups excluding carboxylic acids is 1. The largest absolute Gasteiger partial charge is 0.496 e. The van der Waals surface area contributed by atoms with Gasteiger partial charge in [0.15, 0.2) is 0 Å². The molecule has 1 aliphatic rings. The highest BCUT2D eigenvalue weighted by atomic mass is 16.5. The SMILES string of the molecule is COc1ccc([C@H]2CCOC(=O)N2)c2ccccc12. The Morgan fingerprint density at radius 2 is 2.00 bits per heavy atom. The third-order valence-electron chi connectivity index (χ3n) is 3.44. The second-order valence-electron chi connectivity index (χ2n) is 4.52. The predicted molar refractivity (Wildman–Crippen MR) is 72.3 cm³/mol. The number of carbonyl (C=O) groups is 1. The van der Waals surface area contributed by atoms with Gasteiger partial charge in [-0.2, -0.15) is 0 Å². The van der Waals surface area contributed by atoms with Crippen LogP contribution in [0.1, 0.15) is 18.0 Å². The number of nitrogens with one attached hydrogen (secondary N) is 1. The molecular formula is C15H15NO3. The number of rotatable bonds is 2. The fourth-order valence-corrected chi connectivity index (χ4v) is 2.54. The standard InChI is InChI=1S/C15H15NO3/c1-18-14-7-6-11(10-4-2-3-5-12(10)14)13-8-9-19-15(17)16-13/h2-7,13H,8-9H2,1H3,(H,16,17)/t13-/m1/s1. The summed E-state index contributed by atoms with van der Waals surface area (Å²) in [5.41, 5.74) is 1.10. The van der Waals surface area contributed by atoms with Gasteiger partial charge in [0.1, 0.15) is 5.75 Å². The van der Waals surface area contributed by atoms with Crippen LogP contribution in [0.15, 0.2) is 36.4 Å². The molecule has 3 rings (SSSR count). The molecule has 2 aromatic carbocycles. The van der Waals surface area contributed by atoms with Gasteiger partial charge in [-0.25, -0.2) is 4.79 Å². The number of cyclic esters (lactones) is 1. The minimum atomic E-state index is -0.351. The summed E-state index contributed by atoms with van der Waals surface area (Å²) in [5.74, 6) is 0.845. The van der Waals surface area contributed by atoms with Gasteiger partial charge >= 0.3 is 6.09 Å². The summed E-state index contributed by atoms with van der Waals surface area (Å²) < 4.78 is 10.3. The number of methoxy groups -OCH3 is 1. The molecule has 1 heterocycles. The minimum absolute atomic E-state index is 0.00273. The van der Waals surface area contributed by atoms with Gasteiger partial charge in [0.05, 0.1) is 19.8 Å². The summed E-state index contributed by atoms with van der Waals surface area (Å²) in [4.78, 5) is 11.3. The molecule has 0 radical (unpaired) electrons. The van der Waals surface area contributed by atoms with Crippen LogP contribution in [0, 0.1) is 0 Å². The van der Waals surface area contributed by atoms with Crippen LogP contribution in [0.3, 0.4) is 0 Å². The Hall–Kier alpha value is -2.23. The quantitative estimate of drug-likeness (QED) is 0.899. The lowest BCUT2D eigenvalue weighted by atomic mass is 9.96. The lowest BCUT2D eigenvalue weighted by Gasteiger charge is -2.25. The minimum Gasteiger partial charge on any atom is -0.496 e. The second kappa shape index (κ2) is 4.80. The van der Waals surface area contributed by atoms with Crippen LogP contribution in [0.2, 0.25) is 0 Å². The Morgan fingerprint density at radius 3 is 2.74 bits per heavy atom. The van der Waals surface area contributed by atoms with Crippen molar-refractivity contribution in [3.8, 4) is 5.75 Å². The van der Waals surface area contributed by atoms with Gasteiger partial charge in [0.2, 0.25) is 0 Å². The van der Waals surface area contributed by atoms with Gasteiger partial charge in [0, 0.05) is 11.8 Å². The van der Waals surface area contributed by atoms with Crippen LogP contribution >= 0.6 is 0 Å². The summed E-state index contributed by atoms with van der Waals surface area (Å²) in [6.45, 7) is 0.455. The molecule has 2 aromatic rings. The molecular weight excluding hydrogens is 242 g/mol. The fraction of sp³-hybridized carbons (Fsp3) is 0.267. The molecule has 1 fully saturated rings. The highest BCUT2D eigenvalue weighted by molar-refractivity contribution is 5.91. The Morgan fingerprint density at radius 1 is 1.21 bits per heavy atom. The van der Waals surface area contributed by atoms with Crippen LogP contribution in [0.25, 0.3) is 10.8 Å². The van der Waals surface area contributed by atoms with Crippen molar-refractivity contribution in [1.82, 2.24) is 5.32 Å². The zero-order valence-corrected chi connectivity index (χ0v) is 10.7. The maximum absolute atomic E-state index is 11.3. The molecule has 4 nitrogen and oxygen atoms in total. The van der Waals surface area contributed by atoms with Gasteiger partial charge in [-0.1, -0.05) is 30.3 Å². The van der Waals surface area contributed by atoms with E-state index in [0.717, 1.165) is 28.5 Å². The van der Waals surface area contributed by atoms with Gasteiger partial charge in [-0.05, 0) is 17.0 Å². The highest BCUT2D eigenvalue weighted by Gasteiger charge is 2.22. The van der Waals surface area contributed by atoms with Crippen LogP contribution in [-0.2, 0) is 4.74 Å². The maximum Gasteiger partial charge on any atom is 0.407 e. The van der Waals surface area contributed by atoms with Crippen LogP contribution < -0.4 is 10.1 Å². The van der Waals surface area contributed by atoms with Crippen LogP contribution in [0.5, 0.6) is 5.75 Å². The topological polar surface area (TPSA) is 47.6 Å². The lowest BCUT2D eigenvalue weighted by molar-refractivity contribution is 0.115. The van der Waals surface area contributed by atoms with E-state index in [0.29, 0.717) is 6.61 Å². The smallest absolute Gasteiger partial charge is 0.407 e. The third kappa shape index (κ3) is 2.10. The van der Waals surface area contributed by atoms with Crippen LogP contribution in [-0.4, -0.2) is 19.8 Å². The Kier molecular flexibility index (Phi) is 2.99. The van der Waals surface area contributed by atoms with Crippen molar-refractivity contribution in [2.75, 3.05) is 13.7 Å². The zero-order valence-electron chi connectivity index (χ0n) is 10.7. The molecule has 1 N–H and O–H groups in total. The Balaban J connectivity index is 2.11. The predicted octanol–water partition coefficient (Wildman–Crippen LogP) is 3.02. The lowest BCUT2D eigenvalue weighted by Crippen LogP contribution is -2.35. The molecule has 0 bridgehead atoms. The first kappa shape index (κ1) is 11.8. The second-order valence-corrected chi connectivity index (χ2v) is 4.52. The first-order valence-electron chi connectivity index (χ1n) is 6.28. The first-order chi connectivity index (χ1) is 9.29. The maximum atomic E-state index is 11.3. The van der Waals surface area contributed by atoms with Gasteiger partial charge in [-0.3, -0.25) is 0 Å². The summed E-state index contributed by atoms with van der Waals surface area (Å²) in [6, 6.07) is 12.0. The molecule has 4 heteroatoms. The van der Waals surface area contributed by atoms with Crippen molar-refractivity contribution < 1.29 is 14.3 Å². The summed E-state index contributed by atoms with van der Waals surface area (Å²) >= 11 is 0. The van der Waals surface area contributed by atoms with Crippen molar-refractivity contribution in [3.05, 3.63) is 42.0 Å². The number of alkyl carbamates (subject to hydrolysis) is 1. The Bertz CT molecular complexity index is 624. The van der Waals surface area contributed by atoms with E-state index in [1.807, 2.05) is 30.3 Å². The number of amides is 1. The number of benzene rings is 2. The van der Waals surface area contributed by atoms with Crippen molar-refractivity contribution in [2.45, 2.75) is 12.5 Å². The molecule has 98 valence electrons. The highest BCUT2D eigenvalue weighted by Crippen LogP contribution is 2.33. The Labute approximate surface area is 111 Å². The molecule has 0 aromatic heterocycles. The molecule has 0 spiro atoms. The molecule has 1 saturated heterocycles. The zero-order chi connectivity index (χ0) is 13.2. The summed E-state index contributed by atoms with van der Waals surface area (Å²) in [6.07, 6.45) is 0.429. The monoisotopic (exact) mass is 257 g/mol. The number of hydrogen-bond donors (Lipinski definition) is 1.